The molecule has 2 saturated heterocycles. The van der Waals surface area contributed by atoms with Crippen molar-refractivity contribution in [3.05, 3.63) is 35.2 Å². The Morgan fingerprint density at radius 3 is 2.63 bits per heavy atom. The van der Waals surface area contributed by atoms with Crippen LogP contribution in [0.5, 0.6) is 0 Å². The molecule has 2 fully saturated rings. The maximum atomic E-state index is 5.83. The number of tetrazole rings is 1. The summed E-state index contributed by atoms with van der Waals surface area (Å²) in [6, 6.07) is 7.00. The maximum Gasteiger partial charge on any atom is 0.168 e. The van der Waals surface area contributed by atoms with Gasteiger partial charge in [0, 0.05) is 38.5 Å². The molecule has 2 aromatic rings. The van der Waals surface area contributed by atoms with E-state index in [0.717, 1.165) is 64.4 Å². The van der Waals surface area contributed by atoms with Gasteiger partial charge in [0.05, 0.1) is 18.7 Å². The van der Waals surface area contributed by atoms with Crippen LogP contribution < -0.4 is 4.90 Å². The molecule has 0 saturated carbocycles. The molecule has 3 heterocycles. The maximum absolute atomic E-state index is 5.83. The van der Waals surface area contributed by atoms with Crippen molar-refractivity contribution >= 4 is 5.69 Å². The Hall–Kier alpha value is -1.99. The first-order chi connectivity index (χ1) is 14.5. The van der Waals surface area contributed by atoms with Crippen molar-refractivity contribution in [3.63, 3.8) is 0 Å². The smallest absolute Gasteiger partial charge is 0.168 e. The number of hydrogen-bond acceptors (Lipinski definition) is 6. The number of aryl methyl sites for hydroxylation is 2. The predicted octanol–water partition coefficient (Wildman–Crippen LogP) is 3.38. The van der Waals surface area contributed by atoms with Crippen LogP contribution in [-0.2, 0) is 11.3 Å². The van der Waals surface area contributed by atoms with Crippen molar-refractivity contribution in [1.29, 1.82) is 0 Å². The minimum absolute atomic E-state index is 0.244. The van der Waals surface area contributed by atoms with Gasteiger partial charge in [-0.2, -0.15) is 0 Å². The quantitative estimate of drug-likeness (QED) is 0.695. The molecule has 0 amide bonds. The molecule has 2 aliphatic rings. The molecular formula is C23H36N6O. The topological polar surface area (TPSA) is 59.3 Å². The second-order valence-corrected chi connectivity index (χ2v) is 9.31. The van der Waals surface area contributed by atoms with E-state index in [1.54, 1.807) is 0 Å². The fourth-order valence-electron chi connectivity index (χ4n) is 4.76. The molecule has 164 valence electrons. The lowest BCUT2D eigenvalue weighted by atomic mass is 10.0. The third-order valence-electron chi connectivity index (χ3n) is 6.41. The summed E-state index contributed by atoms with van der Waals surface area (Å²) in [4.78, 5) is 5.11. The summed E-state index contributed by atoms with van der Waals surface area (Å²) in [6.45, 7) is 14.7. The lowest BCUT2D eigenvalue weighted by Crippen LogP contribution is -2.48. The first-order valence-corrected chi connectivity index (χ1v) is 11.4. The van der Waals surface area contributed by atoms with Gasteiger partial charge in [-0.15, -0.1) is 5.10 Å². The average Bonchev–Trinajstić information content (AvgIpc) is 3.41. The molecule has 1 aromatic carbocycles. The first-order valence-electron chi connectivity index (χ1n) is 11.4. The fourth-order valence-corrected chi connectivity index (χ4v) is 4.76. The van der Waals surface area contributed by atoms with Crippen molar-refractivity contribution in [2.24, 2.45) is 5.92 Å². The van der Waals surface area contributed by atoms with E-state index in [4.69, 9.17) is 4.74 Å². The SMILES string of the molecule is Cc1ccc(C)c(N2CCN([C@H](CC(C)C)c3nnnn3C[C@@H]3CCCO3)CC2)c1. The minimum atomic E-state index is 0.244. The number of hydrogen-bond donors (Lipinski definition) is 0. The summed E-state index contributed by atoms with van der Waals surface area (Å²) in [5.74, 6) is 1.58. The summed E-state index contributed by atoms with van der Waals surface area (Å²) in [7, 11) is 0. The summed E-state index contributed by atoms with van der Waals surface area (Å²) in [6.07, 6.45) is 3.55. The Morgan fingerprint density at radius 2 is 1.93 bits per heavy atom. The summed E-state index contributed by atoms with van der Waals surface area (Å²) >= 11 is 0. The zero-order valence-electron chi connectivity index (χ0n) is 18.9. The van der Waals surface area contributed by atoms with Gasteiger partial charge in [-0.3, -0.25) is 4.90 Å². The molecule has 30 heavy (non-hydrogen) atoms. The predicted molar refractivity (Wildman–Crippen MR) is 119 cm³/mol. The molecule has 7 heteroatoms. The second kappa shape index (κ2) is 9.43. The van der Waals surface area contributed by atoms with Gasteiger partial charge in [-0.25, -0.2) is 4.68 Å². The van der Waals surface area contributed by atoms with Crippen LogP contribution in [0.15, 0.2) is 18.2 Å². The molecule has 0 unspecified atom stereocenters. The molecule has 0 aliphatic carbocycles. The molecule has 0 spiro atoms. The van der Waals surface area contributed by atoms with Crippen LogP contribution in [0, 0.1) is 19.8 Å². The minimum Gasteiger partial charge on any atom is -0.376 e. The second-order valence-electron chi connectivity index (χ2n) is 9.31. The van der Waals surface area contributed by atoms with Crippen molar-refractivity contribution in [3.8, 4) is 0 Å². The zero-order valence-corrected chi connectivity index (χ0v) is 18.9. The Kier molecular flexibility index (Phi) is 6.68. The van der Waals surface area contributed by atoms with E-state index >= 15 is 0 Å². The van der Waals surface area contributed by atoms with E-state index in [0.29, 0.717) is 5.92 Å². The summed E-state index contributed by atoms with van der Waals surface area (Å²) < 4.78 is 7.83. The van der Waals surface area contributed by atoms with Gasteiger partial charge in [0.1, 0.15) is 0 Å². The molecule has 2 atom stereocenters. The van der Waals surface area contributed by atoms with Crippen LogP contribution in [0.3, 0.4) is 0 Å². The highest BCUT2D eigenvalue weighted by Crippen LogP contribution is 2.30. The Labute approximate surface area is 180 Å². The zero-order chi connectivity index (χ0) is 21.1. The van der Waals surface area contributed by atoms with Crippen LogP contribution in [0.1, 0.15) is 56.1 Å². The average molecular weight is 413 g/mol. The number of benzene rings is 1. The summed E-state index contributed by atoms with van der Waals surface area (Å²) in [5, 5.41) is 12.8. The van der Waals surface area contributed by atoms with Crippen LogP contribution in [-0.4, -0.2) is 64.0 Å². The number of piperazine rings is 1. The van der Waals surface area contributed by atoms with Crippen molar-refractivity contribution in [2.75, 3.05) is 37.7 Å². The van der Waals surface area contributed by atoms with Crippen molar-refractivity contribution in [2.45, 2.75) is 65.6 Å². The lowest BCUT2D eigenvalue weighted by molar-refractivity contribution is 0.0885. The molecule has 2 aliphatic heterocycles. The van der Waals surface area contributed by atoms with Gasteiger partial charge in [-0.05, 0) is 66.6 Å². The van der Waals surface area contributed by atoms with E-state index in [2.05, 4.69) is 71.2 Å². The Bertz CT molecular complexity index is 821. The van der Waals surface area contributed by atoms with Crippen LogP contribution in [0.2, 0.25) is 0 Å². The molecule has 7 nitrogen and oxygen atoms in total. The number of ether oxygens (including phenoxy) is 1. The third-order valence-corrected chi connectivity index (χ3v) is 6.41. The van der Waals surface area contributed by atoms with E-state index in [1.807, 2.05) is 4.68 Å². The largest absolute Gasteiger partial charge is 0.376 e. The van der Waals surface area contributed by atoms with E-state index in [9.17, 15) is 0 Å². The standard InChI is InChI=1S/C23H36N6O/c1-17(2)14-22(23-24-25-26-29(23)16-20-6-5-13-30-20)28-11-9-27(10-12-28)21-15-18(3)7-8-19(21)4/h7-8,15,17,20,22H,5-6,9-14,16H2,1-4H3/t20-,22+/m0/s1. The van der Waals surface area contributed by atoms with E-state index in [1.165, 1.54) is 16.8 Å². The molecule has 0 radical (unpaired) electrons. The molecule has 0 N–H and O–H groups in total. The Morgan fingerprint density at radius 1 is 1.13 bits per heavy atom. The molecular weight excluding hydrogens is 376 g/mol. The lowest BCUT2D eigenvalue weighted by Gasteiger charge is -2.40. The normalized spacial score (nSPS) is 21.5. The summed E-state index contributed by atoms with van der Waals surface area (Å²) in [5.41, 5.74) is 4.05. The molecule has 4 rings (SSSR count). The molecule has 0 bridgehead atoms. The molecule has 1 aromatic heterocycles. The highest BCUT2D eigenvalue weighted by atomic mass is 16.5. The van der Waals surface area contributed by atoms with Gasteiger partial charge >= 0.3 is 0 Å². The van der Waals surface area contributed by atoms with Gasteiger partial charge in [-0.1, -0.05) is 26.0 Å². The number of rotatable bonds is 7. The van der Waals surface area contributed by atoms with Crippen LogP contribution in [0.25, 0.3) is 0 Å². The number of aromatic nitrogens is 4. The monoisotopic (exact) mass is 412 g/mol. The van der Waals surface area contributed by atoms with Crippen molar-refractivity contribution in [1.82, 2.24) is 25.1 Å². The third kappa shape index (κ3) is 4.83. The number of nitrogens with zero attached hydrogens (tertiary/aromatic N) is 6. The fraction of sp³-hybridized carbons (Fsp3) is 0.696. The van der Waals surface area contributed by atoms with Gasteiger partial charge < -0.3 is 9.64 Å². The van der Waals surface area contributed by atoms with E-state index in [-0.39, 0.29) is 12.1 Å². The Balaban J connectivity index is 1.48. The van der Waals surface area contributed by atoms with Gasteiger partial charge in [0.15, 0.2) is 5.82 Å². The van der Waals surface area contributed by atoms with Gasteiger partial charge in [0.25, 0.3) is 0 Å². The first kappa shape index (κ1) is 21.2. The highest BCUT2D eigenvalue weighted by Gasteiger charge is 2.31. The number of anilines is 1. The highest BCUT2D eigenvalue weighted by molar-refractivity contribution is 5.55. The van der Waals surface area contributed by atoms with Crippen LogP contribution >= 0.6 is 0 Å². The van der Waals surface area contributed by atoms with E-state index < -0.39 is 0 Å². The van der Waals surface area contributed by atoms with Crippen LogP contribution in [0.4, 0.5) is 5.69 Å². The van der Waals surface area contributed by atoms with Gasteiger partial charge in [0.2, 0.25) is 0 Å². The van der Waals surface area contributed by atoms with Crippen molar-refractivity contribution < 1.29 is 4.74 Å².